The molecule has 11 aromatic rings. The molecule has 52 heavy (non-hydrogen) atoms. The molecule has 242 valence electrons. The third-order valence-corrected chi connectivity index (χ3v) is 11.6. The Bertz CT molecular complexity index is 3180. The monoisotopic (exact) mass is 679 g/mol. The predicted molar refractivity (Wildman–Crippen MR) is 221 cm³/mol. The van der Waals surface area contributed by atoms with Gasteiger partial charge in [0.15, 0.2) is 5.82 Å². The average Bonchev–Trinajstić information content (AvgIpc) is 3.77. The largest absolute Gasteiger partial charge is 0.305 e. The van der Waals surface area contributed by atoms with Crippen molar-refractivity contribution in [2.24, 2.45) is 0 Å². The van der Waals surface area contributed by atoms with Gasteiger partial charge in [-0.15, -0.1) is 11.3 Å². The molecule has 0 aliphatic heterocycles. The van der Waals surface area contributed by atoms with Crippen LogP contribution in [0.1, 0.15) is 0 Å². The van der Waals surface area contributed by atoms with Crippen molar-refractivity contribution in [1.82, 2.24) is 14.5 Å². The number of thiophene rings is 1. The van der Waals surface area contributed by atoms with E-state index in [1.165, 1.54) is 69.1 Å². The number of fused-ring (bicyclic) bond motifs is 10. The number of hydrogen-bond donors (Lipinski definition) is 0. The lowest BCUT2D eigenvalue weighted by molar-refractivity contribution is 1.09. The summed E-state index contributed by atoms with van der Waals surface area (Å²) in [4.78, 5) is 10.4. The van der Waals surface area contributed by atoms with Gasteiger partial charge in [0.2, 0.25) is 0 Å². The van der Waals surface area contributed by atoms with Gasteiger partial charge in [0.1, 0.15) is 0 Å². The lowest BCUT2D eigenvalue weighted by Gasteiger charge is -2.15. The molecule has 3 aromatic heterocycles. The minimum atomic E-state index is 0.708. The highest BCUT2D eigenvalue weighted by Gasteiger charge is 2.25. The Morgan fingerprint density at radius 2 is 1.15 bits per heavy atom. The van der Waals surface area contributed by atoms with Gasteiger partial charge in [-0.2, -0.15) is 0 Å². The highest BCUT2D eigenvalue weighted by Crippen LogP contribution is 2.49. The van der Waals surface area contributed by atoms with Crippen LogP contribution in [0, 0.1) is 0 Å². The van der Waals surface area contributed by atoms with E-state index in [0.29, 0.717) is 5.82 Å². The second-order valence-electron chi connectivity index (χ2n) is 13.4. The first-order valence-corrected chi connectivity index (χ1v) is 18.4. The molecule has 0 fully saturated rings. The summed E-state index contributed by atoms with van der Waals surface area (Å²) in [5, 5.41) is 9.90. The Hall–Kier alpha value is -6.62. The smallest absolute Gasteiger partial charge is 0.159 e. The summed E-state index contributed by atoms with van der Waals surface area (Å²) in [6.45, 7) is 0. The van der Waals surface area contributed by atoms with Gasteiger partial charge in [-0.3, -0.25) is 0 Å². The van der Waals surface area contributed by atoms with Crippen LogP contribution in [0.15, 0.2) is 176 Å². The van der Waals surface area contributed by atoms with Gasteiger partial charge in [0, 0.05) is 47.6 Å². The van der Waals surface area contributed by atoms with Crippen molar-refractivity contribution in [2.75, 3.05) is 0 Å². The number of benzene rings is 8. The normalized spacial score (nSPS) is 11.8. The molecule has 0 unspecified atom stereocenters. The summed E-state index contributed by atoms with van der Waals surface area (Å²) < 4.78 is 4.99. The summed E-state index contributed by atoms with van der Waals surface area (Å²) in [6.07, 6.45) is 2.03. The second kappa shape index (κ2) is 11.5. The van der Waals surface area contributed by atoms with Gasteiger partial charge in [-0.25, -0.2) is 9.97 Å². The Kier molecular flexibility index (Phi) is 6.42. The molecular weight excluding hydrogens is 651 g/mol. The van der Waals surface area contributed by atoms with Crippen molar-refractivity contribution in [3.8, 4) is 39.5 Å². The van der Waals surface area contributed by atoms with Gasteiger partial charge < -0.3 is 4.57 Å². The molecule has 11 rings (SSSR count). The zero-order chi connectivity index (χ0) is 34.2. The minimum Gasteiger partial charge on any atom is -0.305 e. The Morgan fingerprint density at radius 3 is 1.98 bits per heavy atom. The van der Waals surface area contributed by atoms with Crippen molar-refractivity contribution in [3.05, 3.63) is 176 Å². The van der Waals surface area contributed by atoms with E-state index in [2.05, 4.69) is 156 Å². The standard InChI is InChI=1S/C48H29N3S/c1-3-15-32(16-4-1)45-41(29-49-48(50-45)33-17-5-2-6-18-33)51-40-26-25-31-14-9-10-20-36(31)43(40)39-28-38(35-24-23-30-13-7-8-19-34(30)27-35)47-44(46(39)51)37-21-11-12-22-42(37)52-47/h1-29H. The van der Waals surface area contributed by atoms with Gasteiger partial charge in [-0.05, 0) is 51.4 Å². The fraction of sp³-hybridized carbons (Fsp3) is 0. The van der Waals surface area contributed by atoms with Crippen molar-refractivity contribution in [3.63, 3.8) is 0 Å². The SMILES string of the molecule is c1ccc(-c2ncc(-n3c4ccc5ccccc5c4c4cc(-c5ccc6ccccc6c5)c5sc6ccccc6c5c43)c(-c3ccccc3)n2)cc1. The first-order valence-electron chi connectivity index (χ1n) is 17.6. The zero-order valence-electron chi connectivity index (χ0n) is 28.0. The lowest BCUT2D eigenvalue weighted by atomic mass is 9.96. The molecule has 8 aromatic carbocycles. The maximum atomic E-state index is 5.34. The van der Waals surface area contributed by atoms with E-state index in [1.54, 1.807) is 0 Å². The lowest BCUT2D eigenvalue weighted by Crippen LogP contribution is -2.03. The van der Waals surface area contributed by atoms with Crippen LogP contribution in [-0.4, -0.2) is 14.5 Å². The van der Waals surface area contributed by atoms with Crippen LogP contribution >= 0.6 is 11.3 Å². The summed E-state index contributed by atoms with van der Waals surface area (Å²) in [7, 11) is 0. The van der Waals surface area contributed by atoms with Crippen LogP contribution < -0.4 is 0 Å². The number of rotatable bonds is 4. The van der Waals surface area contributed by atoms with Crippen molar-refractivity contribution in [1.29, 1.82) is 0 Å². The molecule has 0 aliphatic rings. The fourth-order valence-corrected chi connectivity index (χ4v) is 9.29. The van der Waals surface area contributed by atoms with E-state index in [9.17, 15) is 0 Å². The molecule has 4 heteroatoms. The Balaban J connectivity index is 1.34. The highest BCUT2D eigenvalue weighted by molar-refractivity contribution is 7.26. The maximum absolute atomic E-state index is 5.34. The molecule has 0 saturated heterocycles. The molecule has 0 amide bonds. The van der Waals surface area contributed by atoms with Crippen molar-refractivity contribution >= 4 is 74.9 Å². The molecule has 0 aliphatic carbocycles. The Morgan fingerprint density at radius 1 is 0.481 bits per heavy atom. The van der Waals surface area contributed by atoms with Gasteiger partial charge >= 0.3 is 0 Å². The van der Waals surface area contributed by atoms with Gasteiger partial charge in [0.25, 0.3) is 0 Å². The van der Waals surface area contributed by atoms with Crippen molar-refractivity contribution in [2.45, 2.75) is 0 Å². The van der Waals surface area contributed by atoms with Crippen LogP contribution in [0.2, 0.25) is 0 Å². The van der Waals surface area contributed by atoms with Crippen LogP contribution in [0.4, 0.5) is 0 Å². The second-order valence-corrected chi connectivity index (χ2v) is 14.4. The summed E-state index contributed by atoms with van der Waals surface area (Å²) in [5.41, 5.74) is 8.67. The molecule has 0 bridgehead atoms. The van der Waals surface area contributed by atoms with E-state index in [1.807, 2.05) is 35.7 Å². The van der Waals surface area contributed by atoms with E-state index in [0.717, 1.165) is 28.0 Å². The van der Waals surface area contributed by atoms with Crippen molar-refractivity contribution < 1.29 is 0 Å². The van der Waals surface area contributed by atoms with Crippen LogP contribution in [0.5, 0.6) is 0 Å². The van der Waals surface area contributed by atoms with E-state index in [-0.39, 0.29) is 0 Å². The van der Waals surface area contributed by atoms with Crippen LogP contribution in [0.25, 0.3) is 103 Å². The van der Waals surface area contributed by atoms with Crippen LogP contribution in [0.3, 0.4) is 0 Å². The molecule has 3 nitrogen and oxygen atoms in total. The molecule has 0 saturated carbocycles. The van der Waals surface area contributed by atoms with E-state index < -0.39 is 0 Å². The first kappa shape index (κ1) is 29.1. The summed E-state index contributed by atoms with van der Waals surface area (Å²) in [5.74, 6) is 0.708. The molecule has 0 atom stereocenters. The summed E-state index contributed by atoms with van der Waals surface area (Å²) >= 11 is 1.88. The molecular formula is C48H29N3S. The first-order chi connectivity index (χ1) is 25.8. The highest BCUT2D eigenvalue weighted by atomic mass is 32.1. The maximum Gasteiger partial charge on any atom is 0.159 e. The quantitative estimate of drug-likeness (QED) is 0.185. The van der Waals surface area contributed by atoms with E-state index >= 15 is 0 Å². The molecule has 0 N–H and O–H groups in total. The minimum absolute atomic E-state index is 0.708. The predicted octanol–water partition coefficient (Wildman–Crippen LogP) is 13.2. The molecule has 0 radical (unpaired) electrons. The average molecular weight is 680 g/mol. The van der Waals surface area contributed by atoms with Crippen LogP contribution in [-0.2, 0) is 0 Å². The topological polar surface area (TPSA) is 30.7 Å². The number of aromatic nitrogens is 3. The molecule has 0 spiro atoms. The number of hydrogen-bond acceptors (Lipinski definition) is 3. The zero-order valence-corrected chi connectivity index (χ0v) is 28.8. The fourth-order valence-electron chi connectivity index (χ4n) is 8.05. The third-order valence-electron chi connectivity index (χ3n) is 10.4. The number of nitrogens with zero attached hydrogens (tertiary/aromatic N) is 3. The van der Waals surface area contributed by atoms with Gasteiger partial charge in [0.05, 0.1) is 28.6 Å². The van der Waals surface area contributed by atoms with E-state index in [4.69, 9.17) is 9.97 Å². The Labute approximate surface area is 303 Å². The third kappa shape index (κ3) is 4.38. The van der Waals surface area contributed by atoms with Gasteiger partial charge in [-0.1, -0.05) is 146 Å². The molecule has 3 heterocycles. The summed E-state index contributed by atoms with van der Waals surface area (Å²) in [6, 6.07) is 60.9.